The number of hydrogen-bond donors (Lipinski definition) is 1. The molecule has 0 radical (unpaired) electrons. The maximum atomic E-state index is 13.5. The fourth-order valence-electron chi connectivity index (χ4n) is 5.53. The average Bonchev–Trinajstić information content (AvgIpc) is 3.50. The molecule has 11 heteroatoms. The highest BCUT2D eigenvalue weighted by atomic mass is 19.3. The van der Waals surface area contributed by atoms with Crippen molar-refractivity contribution in [3.63, 3.8) is 0 Å². The van der Waals surface area contributed by atoms with Gasteiger partial charge < -0.3 is 14.9 Å². The lowest BCUT2D eigenvalue weighted by molar-refractivity contribution is -0.141. The lowest BCUT2D eigenvalue weighted by atomic mass is 9.90. The average molecular weight is 527 g/mol. The summed E-state index contributed by atoms with van der Waals surface area (Å²) in [6, 6.07) is 7.40. The number of aliphatic hydroxyl groups is 1. The number of piperidine rings is 2. The molecular formula is C27H32F2N6O3. The van der Waals surface area contributed by atoms with Crippen molar-refractivity contribution in [2.45, 2.75) is 63.5 Å². The second-order valence-electron chi connectivity index (χ2n) is 11.4. The van der Waals surface area contributed by atoms with Crippen LogP contribution in [0.25, 0.3) is 16.7 Å². The summed E-state index contributed by atoms with van der Waals surface area (Å²) in [5.41, 5.74) is 0.364. The number of alkyl halides is 2. The molecule has 1 saturated carbocycles. The van der Waals surface area contributed by atoms with Crippen LogP contribution in [0.2, 0.25) is 0 Å². The second-order valence-corrected chi connectivity index (χ2v) is 11.4. The molecule has 3 aromatic rings. The highest BCUT2D eigenvalue weighted by molar-refractivity contribution is 5.85. The van der Waals surface area contributed by atoms with Crippen LogP contribution in [0.15, 0.2) is 41.6 Å². The van der Waals surface area contributed by atoms with Gasteiger partial charge in [0.1, 0.15) is 11.7 Å². The Hall–Kier alpha value is -3.34. The third-order valence-corrected chi connectivity index (χ3v) is 8.47. The Morgan fingerprint density at radius 3 is 2.24 bits per heavy atom. The van der Waals surface area contributed by atoms with Gasteiger partial charge in [0.25, 0.3) is 11.5 Å². The fraction of sp³-hybridized carbons (Fsp3) is 0.556. The van der Waals surface area contributed by atoms with Crippen LogP contribution in [-0.2, 0) is 11.3 Å². The number of aromatic nitrogens is 4. The molecule has 3 aliphatic rings. The van der Waals surface area contributed by atoms with Gasteiger partial charge in [0, 0.05) is 50.1 Å². The van der Waals surface area contributed by atoms with Crippen molar-refractivity contribution in [1.29, 1.82) is 0 Å². The minimum atomic E-state index is -2.59. The van der Waals surface area contributed by atoms with E-state index >= 15 is 0 Å². The van der Waals surface area contributed by atoms with Crippen LogP contribution in [0.3, 0.4) is 0 Å². The molecule has 6 rings (SSSR count). The number of likely N-dealkylation sites (tertiary alicyclic amines) is 1. The van der Waals surface area contributed by atoms with E-state index in [2.05, 4.69) is 10.1 Å². The zero-order chi connectivity index (χ0) is 26.7. The lowest BCUT2D eigenvalue weighted by Gasteiger charge is -2.39. The van der Waals surface area contributed by atoms with Crippen LogP contribution >= 0.6 is 0 Å². The van der Waals surface area contributed by atoms with E-state index in [-0.39, 0.29) is 36.3 Å². The standard InChI is InChI=1S/C27H32F2N6O3/c1-25(6-7-25)24(37)33-12-8-26(38,9-13-33)17-34-18-30-22-21(23(34)36)16-31-35(22)20-4-2-19(3-5-20)32-14-10-27(28,29)11-15-32/h2-5,16,18,38H,6-15,17H2,1H3. The summed E-state index contributed by atoms with van der Waals surface area (Å²) in [4.78, 5) is 34.1. The Bertz CT molecular complexity index is 1410. The largest absolute Gasteiger partial charge is 0.388 e. The Kier molecular flexibility index (Phi) is 5.82. The molecule has 1 aliphatic carbocycles. The van der Waals surface area contributed by atoms with Crippen molar-refractivity contribution >= 4 is 22.6 Å². The highest BCUT2D eigenvalue weighted by Gasteiger charge is 2.48. The molecule has 9 nitrogen and oxygen atoms in total. The van der Waals surface area contributed by atoms with Gasteiger partial charge in [-0.15, -0.1) is 0 Å². The van der Waals surface area contributed by atoms with Crippen molar-refractivity contribution in [3.8, 4) is 5.69 Å². The van der Waals surface area contributed by atoms with Gasteiger partial charge >= 0.3 is 0 Å². The number of carbonyl (C=O) groups is 1. The van der Waals surface area contributed by atoms with Crippen LogP contribution < -0.4 is 10.5 Å². The summed E-state index contributed by atoms with van der Waals surface area (Å²) in [5.74, 6) is -2.43. The molecular weight excluding hydrogens is 494 g/mol. The number of amides is 1. The number of fused-ring (bicyclic) bond motifs is 1. The van der Waals surface area contributed by atoms with Gasteiger partial charge in [0.15, 0.2) is 5.65 Å². The quantitative estimate of drug-likeness (QED) is 0.549. The Balaban J connectivity index is 1.16. The van der Waals surface area contributed by atoms with E-state index in [0.717, 1.165) is 18.5 Å². The van der Waals surface area contributed by atoms with Crippen LogP contribution in [0.1, 0.15) is 45.4 Å². The van der Waals surface area contributed by atoms with Crippen molar-refractivity contribution < 1.29 is 18.7 Å². The number of halogens is 2. The first-order valence-electron chi connectivity index (χ1n) is 13.2. The fourth-order valence-corrected chi connectivity index (χ4v) is 5.53. The minimum Gasteiger partial charge on any atom is -0.388 e. The van der Waals surface area contributed by atoms with E-state index in [4.69, 9.17) is 0 Å². The monoisotopic (exact) mass is 526 g/mol. The SMILES string of the molecule is CC1(C(=O)N2CCC(O)(Cn3cnc4c(cnn4-c4ccc(N5CCC(F)(F)CC5)cc4)c3=O)CC2)CC1. The predicted octanol–water partition coefficient (Wildman–Crippen LogP) is 2.97. The number of hydrogen-bond acceptors (Lipinski definition) is 6. The summed E-state index contributed by atoms with van der Waals surface area (Å²) >= 11 is 0. The van der Waals surface area contributed by atoms with Gasteiger partial charge in [-0.1, -0.05) is 6.92 Å². The Morgan fingerprint density at radius 2 is 1.61 bits per heavy atom. The molecule has 0 atom stereocenters. The summed E-state index contributed by atoms with van der Waals surface area (Å²) in [5, 5.41) is 15.9. The zero-order valence-electron chi connectivity index (χ0n) is 21.4. The molecule has 0 unspecified atom stereocenters. The lowest BCUT2D eigenvalue weighted by Crippen LogP contribution is -2.51. The van der Waals surface area contributed by atoms with Gasteiger partial charge in [-0.25, -0.2) is 18.4 Å². The molecule has 2 aromatic heterocycles. The maximum Gasteiger partial charge on any atom is 0.264 e. The van der Waals surface area contributed by atoms with E-state index in [1.165, 1.54) is 17.1 Å². The van der Waals surface area contributed by atoms with Gasteiger partial charge in [-0.3, -0.25) is 14.2 Å². The zero-order valence-corrected chi connectivity index (χ0v) is 21.4. The molecule has 2 saturated heterocycles. The van der Waals surface area contributed by atoms with E-state index in [9.17, 15) is 23.5 Å². The van der Waals surface area contributed by atoms with Crippen molar-refractivity contribution in [2.24, 2.45) is 5.41 Å². The molecule has 1 amide bonds. The first-order valence-corrected chi connectivity index (χ1v) is 13.2. The molecule has 2 aliphatic heterocycles. The molecule has 202 valence electrons. The van der Waals surface area contributed by atoms with Gasteiger partial charge in [0.05, 0.1) is 24.0 Å². The molecule has 3 fully saturated rings. The molecule has 1 aromatic carbocycles. The maximum absolute atomic E-state index is 13.5. The smallest absolute Gasteiger partial charge is 0.264 e. The van der Waals surface area contributed by atoms with Gasteiger partial charge in [0.2, 0.25) is 5.91 Å². The highest BCUT2D eigenvalue weighted by Crippen LogP contribution is 2.47. The molecule has 0 bridgehead atoms. The topological polar surface area (TPSA) is 96.5 Å². The number of benzene rings is 1. The molecule has 0 spiro atoms. The van der Waals surface area contributed by atoms with Crippen LogP contribution in [0, 0.1) is 5.41 Å². The third-order valence-electron chi connectivity index (χ3n) is 8.47. The summed E-state index contributed by atoms with van der Waals surface area (Å²) in [7, 11) is 0. The predicted molar refractivity (Wildman–Crippen MR) is 138 cm³/mol. The van der Waals surface area contributed by atoms with E-state index in [1.54, 1.807) is 4.68 Å². The summed E-state index contributed by atoms with van der Waals surface area (Å²) < 4.78 is 30.0. The van der Waals surface area contributed by atoms with Crippen molar-refractivity contribution in [2.75, 3.05) is 31.1 Å². The number of nitrogens with zero attached hydrogens (tertiary/aromatic N) is 6. The summed E-state index contributed by atoms with van der Waals surface area (Å²) in [6.45, 7) is 3.65. The summed E-state index contributed by atoms with van der Waals surface area (Å²) in [6.07, 6.45) is 5.25. The molecule has 1 N–H and O–H groups in total. The first-order chi connectivity index (χ1) is 18.1. The number of rotatable bonds is 5. The minimum absolute atomic E-state index is 0.100. The molecule has 38 heavy (non-hydrogen) atoms. The van der Waals surface area contributed by atoms with Crippen LogP contribution in [0.5, 0.6) is 0 Å². The van der Waals surface area contributed by atoms with Crippen molar-refractivity contribution in [3.05, 3.63) is 47.1 Å². The Morgan fingerprint density at radius 1 is 0.974 bits per heavy atom. The first kappa shape index (κ1) is 25.0. The number of carbonyl (C=O) groups excluding carboxylic acids is 1. The Labute approximate surface area is 218 Å². The van der Waals surface area contributed by atoms with Gasteiger partial charge in [-0.05, 0) is 49.9 Å². The van der Waals surface area contributed by atoms with E-state index < -0.39 is 11.5 Å². The van der Waals surface area contributed by atoms with E-state index in [1.807, 2.05) is 41.0 Å². The molecule has 4 heterocycles. The van der Waals surface area contributed by atoms with E-state index in [0.29, 0.717) is 55.7 Å². The third kappa shape index (κ3) is 4.57. The van der Waals surface area contributed by atoms with Crippen molar-refractivity contribution in [1.82, 2.24) is 24.2 Å². The van der Waals surface area contributed by atoms with Crippen LogP contribution in [-0.4, -0.2) is 72.9 Å². The number of anilines is 1. The normalized spacial score (nSPS) is 22.0. The van der Waals surface area contributed by atoms with Gasteiger partial charge in [-0.2, -0.15) is 5.10 Å². The van der Waals surface area contributed by atoms with Crippen LogP contribution in [0.4, 0.5) is 14.5 Å². The second kappa shape index (κ2) is 8.86.